The molecule has 3 heterocycles. The lowest BCUT2D eigenvalue weighted by atomic mass is 9.64. The standard InChI is InChI=1S/C29H39BN2O8S/c1-19(2)15-32(41(35,36)22-9-10-24-21(14-22)17-39-30(24)3)16-26(33)25(13-20-7-5-4-6-8-20)31-29(34)40-27-18-38-28-23(27)11-12-37-28/h4-10,14,19,23,25-28,33H,11-13,15-18H2,1-3H3,(H,31,34)/t23-,25-,26+,27-,28+/m0/s1. The van der Waals surface area contributed by atoms with Crippen LogP contribution in [0.4, 0.5) is 4.79 Å². The van der Waals surface area contributed by atoms with Crippen LogP contribution in [-0.2, 0) is 41.9 Å². The Morgan fingerprint density at radius 2 is 1.95 bits per heavy atom. The number of hydrogen-bond acceptors (Lipinski definition) is 8. The van der Waals surface area contributed by atoms with E-state index >= 15 is 0 Å². The van der Waals surface area contributed by atoms with E-state index in [1.54, 1.807) is 18.2 Å². The monoisotopic (exact) mass is 586 g/mol. The maximum absolute atomic E-state index is 13.9. The van der Waals surface area contributed by atoms with Crippen molar-refractivity contribution in [2.75, 3.05) is 26.3 Å². The highest BCUT2D eigenvalue weighted by Gasteiger charge is 2.44. The fourth-order valence-corrected chi connectivity index (χ4v) is 7.43. The molecule has 2 fully saturated rings. The van der Waals surface area contributed by atoms with E-state index in [2.05, 4.69) is 5.32 Å². The fourth-order valence-electron chi connectivity index (χ4n) is 5.75. The Morgan fingerprint density at radius 1 is 1.17 bits per heavy atom. The summed E-state index contributed by atoms with van der Waals surface area (Å²) < 4.78 is 51.5. The Hall–Kier alpha value is -2.48. The number of sulfonamides is 1. The van der Waals surface area contributed by atoms with E-state index in [1.807, 2.05) is 51.0 Å². The van der Waals surface area contributed by atoms with Crippen molar-refractivity contribution in [3.63, 3.8) is 0 Å². The first-order valence-electron chi connectivity index (χ1n) is 14.3. The Bertz CT molecular complexity index is 1310. The number of carbonyl (C=O) groups is 1. The zero-order chi connectivity index (χ0) is 29.1. The fraction of sp³-hybridized carbons (Fsp3) is 0.552. The van der Waals surface area contributed by atoms with Crippen molar-refractivity contribution in [2.24, 2.45) is 11.8 Å². The minimum Gasteiger partial charge on any atom is -0.443 e. The van der Waals surface area contributed by atoms with Gasteiger partial charge in [0.1, 0.15) is 6.10 Å². The highest BCUT2D eigenvalue weighted by molar-refractivity contribution is 7.89. The van der Waals surface area contributed by atoms with Crippen LogP contribution in [0.1, 0.15) is 31.4 Å². The van der Waals surface area contributed by atoms with E-state index in [1.165, 1.54) is 4.31 Å². The van der Waals surface area contributed by atoms with Crippen LogP contribution in [0.15, 0.2) is 53.4 Å². The molecular weight excluding hydrogens is 547 g/mol. The summed E-state index contributed by atoms with van der Waals surface area (Å²) in [5.41, 5.74) is 2.71. The lowest BCUT2D eigenvalue weighted by Crippen LogP contribution is -2.51. The second kappa shape index (κ2) is 12.8. The van der Waals surface area contributed by atoms with E-state index in [-0.39, 0.29) is 56.1 Å². The maximum atomic E-state index is 13.9. The van der Waals surface area contributed by atoms with Gasteiger partial charge in [0.05, 0.1) is 42.8 Å². The molecule has 41 heavy (non-hydrogen) atoms. The van der Waals surface area contributed by atoms with Crippen LogP contribution in [0.3, 0.4) is 0 Å². The molecule has 3 aliphatic rings. The van der Waals surface area contributed by atoms with Gasteiger partial charge in [-0.05, 0) is 47.5 Å². The summed E-state index contributed by atoms with van der Waals surface area (Å²) in [4.78, 5) is 13.2. The van der Waals surface area contributed by atoms with E-state index < -0.39 is 34.4 Å². The average Bonchev–Trinajstić information content (AvgIpc) is 3.66. The van der Waals surface area contributed by atoms with Crippen molar-refractivity contribution in [3.05, 3.63) is 59.7 Å². The van der Waals surface area contributed by atoms with Gasteiger partial charge in [-0.3, -0.25) is 0 Å². The number of benzene rings is 2. The molecule has 2 saturated heterocycles. The normalized spacial score (nSPS) is 23.5. The maximum Gasteiger partial charge on any atom is 0.407 e. The van der Waals surface area contributed by atoms with Crippen molar-refractivity contribution >= 4 is 28.5 Å². The minimum atomic E-state index is -3.95. The molecule has 12 heteroatoms. The van der Waals surface area contributed by atoms with Gasteiger partial charge in [0.2, 0.25) is 10.0 Å². The molecule has 0 bridgehead atoms. The predicted octanol–water partition coefficient (Wildman–Crippen LogP) is 2.15. The van der Waals surface area contributed by atoms with Crippen LogP contribution in [0.25, 0.3) is 0 Å². The summed E-state index contributed by atoms with van der Waals surface area (Å²) in [6, 6.07) is 13.7. The molecule has 10 nitrogen and oxygen atoms in total. The van der Waals surface area contributed by atoms with E-state index in [0.717, 1.165) is 23.0 Å². The third kappa shape index (κ3) is 6.95. The van der Waals surface area contributed by atoms with E-state index in [0.29, 0.717) is 13.2 Å². The number of aliphatic hydroxyl groups excluding tert-OH is 1. The van der Waals surface area contributed by atoms with Gasteiger partial charge in [0.25, 0.3) is 0 Å². The van der Waals surface area contributed by atoms with Crippen molar-refractivity contribution < 1.29 is 37.2 Å². The molecule has 222 valence electrons. The van der Waals surface area contributed by atoms with Gasteiger partial charge < -0.3 is 29.3 Å². The number of ether oxygens (including phenoxy) is 3. The highest BCUT2D eigenvalue weighted by Crippen LogP contribution is 2.33. The smallest absolute Gasteiger partial charge is 0.407 e. The summed E-state index contributed by atoms with van der Waals surface area (Å²) in [6.07, 6.45) is -1.66. The average molecular weight is 587 g/mol. The van der Waals surface area contributed by atoms with Gasteiger partial charge in [-0.2, -0.15) is 4.31 Å². The molecule has 0 radical (unpaired) electrons. The first-order chi connectivity index (χ1) is 19.6. The number of rotatable bonds is 11. The topological polar surface area (TPSA) is 124 Å². The molecule has 2 N–H and O–H groups in total. The molecule has 0 spiro atoms. The van der Waals surface area contributed by atoms with Gasteiger partial charge in [-0.25, -0.2) is 13.2 Å². The summed E-state index contributed by atoms with van der Waals surface area (Å²) in [7, 11) is -3.95. The molecule has 0 aliphatic carbocycles. The molecule has 2 aromatic rings. The number of fused-ring (bicyclic) bond motifs is 2. The number of amides is 1. The first kappa shape index (κ1) is 30.0. The number of carbonyl (C=O) groups excluding carboxylic acids is 1. The summed E-state index contributed by atoms with van der Waals surface area (Å²) in [5, 5.41) is 14.3. The number of hydrogen-bond donors (Lipinski definition) is 2. The molecule has 5 atom stereocenters. The summed E-state index contributed by atoms with van der Waals surface area (Å²) >= 11 is 0. The molecule has 5 rings (SSSR count). The Labute approximate surface area is 242 Å². The predicted molar refractivity (Wildman–Crippen MR) is 153 cm³/mol. The van der Waals surface area contributed by atoms with E-state index in [4.69, 9.17) is 18.9 Å². The van der Waals surface area contributed by atoms with Crippen LogP contribution in [-0.4, -0.2) is 81.7 Å². The van der Waals surface area contributed by atoms with Gasteiger partial charge >= 0.3 is 13.0 Å². The summed E-state index contributed by atoms with van der Waals surface area (Å²) in [5.74, 6) is -0.0187. The van der Waals surface area contributed by atoms with Crippen LogP contribution in [0.2, 0.25) is 6.82 Å². The zero-order valence-electron chi connectivity index (χ0n) is 23.8. The van der Waals surface area contributed by atoms with E-state index in [9.17, 15) is 18.3 Å². The molecule has 0 saturated carbocycles. The molecular formula is C29H39BN2O8S. The molecule has 3 aliphatic heterocycles. The number of nitrogens with zero attached hydrogens (tertiary/aromatic N) is 1. The second-order valence-corrected chi connectivity index (χ2v) is 13.4. The largest absolute Gasteiger partial charge is 0.443 e. The van der Waals surface area contributed by atoms with Crippen LogP contribution in [0, 0.1) is 11.8 Å². The Morgan fingerprint density at radius 3 is 2.71 bits per heavy atom. The van der Waals surface area contributed by atoms with Gasteiger partial charge in [0.15, 0.2) is 6.29 Å². The summed E-state index contributed by atoms with van der Waals surface area (Å²) in [6.45, 7) is 6.87. The third-order valence-corrected chi connectivity index (χ3v) is 9.78. The second-order valence-electron chi connectivity index (χ2n) is 11.5. The number of nitrogens with one attached hydrogen (secondary N) is 1. The molecule has 0 aromatic heterocycles. The van der Waals surface area contributed by atoms with Crippen molar-refractivity contribution in [3.8, 4) is 0 Å². The molecule has 1 amide bonds. The lowest BCUT2D eigenvalue weighted by molar-refractivity contribution is -0.0907. The van der Waals surface area contributed by atoms with Gasteiger partial charge in [0, 0.05) is 13.1 Å². The van der Waals surface area contributed by atoms with Gasteiger partial charge in [-0.1, -0.05) is 57.1 Å². The number of aliphatic hydroxyl groups is 1. The highest BCUT2D eigenvalue weighted by atomic mass is 32.2. The van der Waals surface area contributed by atoms with Gasteiger partial charge in [-0.15, -0.1) is 0 Å². The first-order valence-corrected chi connectivity index (χ1v) is 15.7. The quantitative estimate of drug-likeness (QED) is 0.384. The number of alkyl carbamates (subject to hydrolysis) is 1. The molecule has 2 aromatic carbocycles. The van der Waals surface area contributed by atoms with Crippen LogP contribution in [0.5, 0.6) is 0 Å². The van der Waals surface area contributed by atoms with Crippen LogP contribution >= 0.6 is 0 Å². The third-order valence-electron chi connectivity index (χ3n) is 7.95. The van der Waals surface area contributed by atoms with Crippen LogP contribution < -0.4 is 10.8 Å². The Balaban J connectivity index is 1.33. The van der Waals surface area contributed by atoms with Crippen molar-refractivity contribution in [1.29, 1.82) is 0 Å². The zero-order valence-corrected chi connectivity index (χ0v) is 24.6. The van der Waals surface area contributed by atoms with Crippen molar-refractivity contribution in [2.45, 2.75) is 69.6 Å². The Kier molecular flexibility index (Phi) is 9.37. The molecule has 0 unspecified atom stereocenters. The lowest BCUT2D eigenvalue weighted by Gasteiger charge is -2.31. The SMILES string of the molecule is CB1OCc2cc(S(=O)(=O)N(CC(C)C)C[C@@H](O)[C@H](Cc3ccccc3)NC(=O)O[C@H]3CO[C@H]4OCC[C@H]43)ccc21. The minimum absolute atomic E-state index is 0.00389. The van der Waals surface area contributed by atoms with Crippen molar-refractivity contribution in [1.82, 2.24) is 9.62 Å².